The Kier molecular flexibility index (Phi) is 5.32. The van der Waals surface area contributed by atoms with Crippen molar-refractivity contribution in [1.82, 2.24) is 9.80 Å². The summed E-state index contributed by atoms with van der Waals surface area (Å²) in [6.07, 6.45) is 1.62. The van der Waals surface area contributed by atoms with Gasteiger partial charge in [0.25, 0.3) is 0 Å². The third-order valence-corrected chi connectivity index (χ3v) is 3.95. The predicted molar refractivity (Wildman–Crippen MR) is 82.9 cm³/mol. The number of amides is 1. The highest BCUT2D eigenvalue weighted by atomic mass is 16.1. The van der Waals surface area contributed by atoms with E-state index in [0.29, 0.717) is 23.7 Å². The summed E-state index contributed by atoms with van der Waals surface area (Å²) in [5.41, 5.74) is 1.09. The minimum atomic E-state index is -0.0361. The number of benzene rings is 1. The van der Waals surface area contributed by atoms with E-state index in [1.807, 2.05) is 6.07 Å². The molecule has 0 radical (unpaired) electrons. The first-order valence-corrected chi connectivity index (χ1v) is 7.28. The quantitative estimate of drug-likeness (QED) is 0.891. The van der Waals surface area contributed by atoms with E-state index in [1.54, 1.807) is 18.2 Å². The predicted octanol–water partition coefficient (Wildman–Crippen LogP) is 1.52. The van der Waals surface area contributed by atoms with E-state index in [-0.39, 0.29) is 5.91 Å². The van der Waals surface area contributed by atoms with Gasteiger partial charge in [0.15, 0.2) is 0 Å². The molecule has 1 N–H and O–H groups in total. The maximum atomic E-state index is 12.0. The van der Waals surface area contributed by atoms with E-state index in [4.69, 9.17) is 5.26 Å². The zero-order valence-corrected chi connectivity index (χ0v) is 12.7. The molecule has 1 heterocycles. The number of hydrogen-bond acceptors (Lipinski definition) is 4. The van der Waals surface area contributed by atoms with Gasteiger partial charge in [-0.2, -0.15) is 5.26 Å². The minimum Gasteiger partial charge on any atom is -0.325 e. The largest absolute Gasteiger partial charge is 0.325 e. The lowest BCUT2D eigenvalue weighted by Crippen LogP contribution is -2.32. The van der Waals surface area contributed by atoms with Crippen LogP contribution in [-0.2, 0) is 4.79 Å². The van der Waals surface area contributed by atoms with Gasteiger partial charge in [-0.05, 0) is 39.2 Å². The monoisotopic (exact) mass is 286 g/mol. The fourth-order valence-corrected chi connectivity index (χ4v) is 2.60. The number of nitrogens with zero attached hydrogens (tertiary/aromatic N) is 3. The lowest BCUT2D eigenvalue weighted by atomic mass is 10.2. The number of carbonyl (C=O) groups excluding carboxylic acids is 1. The molecule has 0 aromatic heterocycles. The van der Waals surface area contributed by atoms with E-state index >= 15 is 0 Å². The molecule has 1 fully saturated rings. The smallest absolute Gasteiger partial charge is 0.225 e. The van der Waals surface area contributed by atoms with Gasteiger partial charge in [0.1, 0.15) is 6.07 Å². The zero-order chi connectivity index (χ0) is 15.2. The van der Waals surface area contributed by atoms with Gasteiger partial charge < -0.3 is 15.1 Å². The second-order valence-corrected chi connectivity index (χ2v) is 5.66. The number of hydrogen-bond donors (Lipinski definition) is 1. The summed E-state index contributed by atoms with van der Waals surface area (Å²) < 4.78 is 0. The molecule has 1 aliphatic heterocycles. The maximum Gasteiger partial charge on any atom is 0.225 e. The molecule has 5 nitrogen and oxygen atoms in total. The summed E-state index contributed by atoms with van der Waals surface area (Å²) in [7, 11) is 4.19. The standard InChI is InChI=1S/C16H22N4O/c1-19(2)14-7-9-20(12-14)10-8-16(21)18-15-6-4-3-5-13(15)11-17/h3-6,14H,7-10,12H2,1-2H3,(H,18,21). The molecule has 2 rings (SSSR count). The highest BCUT2D eigenvalue weighted by Gasteiger charge is 2.23. The van der Waals surface area contributed by atoms with Gasteiger partial charge in [-0.15, -0.1) is 0 Å². The highest BCUT2D eigenvalue weighted by molar-refractivity contribution is 5.92. The molecule has 21 heavy (non-hydrogen) atoms. The third kappa shape index (κ3) is 4.28. The van der Waals surface area contributed by atoms with Crippen molar-refractivity contribution in [2.45, 2.75) is 18.9 Å². The van der Waals surface area contributed by atoms with Gasteiger partial charge in [-0.25, -0.2) is 0 Å². The normalized spacial score (nSPS) is 18.7. The summed E-state index contributed by atoms with van der Waals surface area (Å²) in [4.78, 5) is 16.6. The van der Waals surface area contributed by atoms with Crippen LogP contribution in [0.5, 0.6) is 0 Å². The van der Waals surface area contributed by atoms with Crippen molar-refractivity contribution < 1.29 is 4.79 Å². The van der Waals surface area contributed by atoms with Crippen molar-refractivity contribution in [3.8, 4) is 6.07 Å². The number of rotatable bonds is 5. The van der Waals surface area contributed by atoms with Crippen LogP contribution in [0.25, 0.3) is 0 Å². The molecule has 1 saturated heterocycles. The van der Waals surface area contributed by atoms with Crippen LogP contribution in [0.3, 0.4) is 0 Å². The molecule has 5 heteroatoms. The number of nitrogens with one attached hydrogen (secondary N) is 1. The summed E-state index contributed by atoms with van der Waals surface area (Å²) in [5.74, 6) is -0.0361. The first kappa shape index (κ1) is 15.5. The molecular weight excluding hydrogens is 264 g/mol. The number of carbonyl (C=O) groups is 1. The van der Waals surface area contributed by atoms with E-state index in [0.717, 1.165) is 26.1 Å². The van der Waals surface area contributed by atoms with Gasteiger partial charge in [0.05, 0.1) is 11.3 Å². The van der Waals surface area contributed by atoms with Crippen molar-refractivity contribution in [1.29, 1.82) is 5.26 Å². The number of nitriles is 1. The van der Waals surface area contributed by atoms with E-state index in [2.05, 4.69) is 35.3 Å². The van der Waals surface area contributed by atoms with Gasteiger partial charge in [0.2, 0.25) is 5.91 Å². The average molecular weight is 286 g/mol. The molecular formula is C16H22N4O. The average Bonchev–Trinajstić information content (AvgIpc) is 2.95. The Balaban J connectivity index is 1.80. The van der Waals surface area contributed by atoms with Gasteiger partial charge in [-0.1, -0.05) is 12.1 Å². The van der Waals surface area contributed by atoms with Crippen LogP contribution in [0, 0.1) is 11.3 Å². The first-order valence-electron chi connectivity index (χ1n) is 7.28. The maximum absolute atomic E-state index is 12.0. The lowest BCUT2D eigenvalue weighted by Gasteiger charge is -2.20. The van der Waals surface area contributed by atoms with E-state index < -0.39 is 0 Å². The Bertz CT molecular complexity index is 535. The molecule has 1 amide bonds. The number of likely N-dealkylation sites (N-methyl/N-ethyl adjacent to an activating group) is 1. The third-order valence-electron chi connectivity index (χ3n) is 3.95. The SMILES string of the molecule is CN(C)C1CCN(CCC(=O)Nc2ccccc2C#N)C1. The van der Waals surface area contributed by atoms with Crippen molar-refractivity contribution in [2.75, 3.05) is 39.0 Å². The van der Waals surface area contributed by atoms with Crippen molar-refractivity contribution in [3.05, 3.63) is 29.8 Å². The molecule has 1 aromatic carbocycles. The van der Waals surface area contributed by atoms with Crippen LogP contribution >= 0.6 is 0 Å². The molecule has 112 valence electrons. The minimum absolute atomic E-state index is 0.0361. The Hall–Kier alpha value is -1.90. The van der Waals surface area contributed by atoms with Crippen molar-refractivity contribution >= 4 is 11.6 Å². The Morgan fingerprint density at radius 1 is 1.48 bits per heavy atom. The molecule has 1 aromatic rings. The van der Waals surface area contributed by atoms with Crippen LogP contribution in [0.15, 0.2) is 24.3 Å². The Labute approximate surface area is 126 Å². The molecule has 1 atom stereocenters. The van der Waals surface area contributed by atoms with Crippen LogP contribution in [0.1, 0.15) is 18.4 Å². The molecule has 1 unspecified atom stereocenters. The molecule has 0 saturated carbocycles. The molecule has 0 spiro atoms. The summed E-state index contributed by atoms with van der Waals surface area (Å²) >= 11 is 0. The van der Waals surface area contributed by atoms with Crippen molar-refractivity contribution in [3.63, 3.8) is 0 Å². The molecule has 1 aliphatic rings. The number of para-hydroxylation sites is 1. The van der Waals surface area contributed by atoms with Crippen molar-refractivity contribution in [2.24, 2.45) is 0 Å². The fraction of sp³-hybridized carbons (Fsp3) is 0.500. The lowest BCUT2D eigenvalue weighted by molar-refractivity contribution is -0.116. The summed E-state index contributed by atoms with van der Waals surface area (Å²) in [5, 5.41) is 11.8. The second kappa shape index (κ2) is 7.21. The van der Waals surface area contributed by atoms with Gasteiger partial charge in [0, 0.05) is 25.6 Å². The van der Waals surface area contributed by atoms with Gasteiger partial charge >= 0.3 is 0 Å². The van der Waals surface area contributed by atoms with E-state index in [9.17, 15) is 4.79 Å². The zero-order valence-electron chi connectivity index (χ0n) is 12.7. The van der Waals surface area contributed by atoms with Crippen LogP contribution in [-0.4, -0.2) is 55.5 Å². The van der Waals surface area contributed by atoms with Crippen LogP contribution in [0.4, 0.5) is 5.69 Å². The van der Waals surface area contributed by atoms with E-state index in [1.165, 1.54) is 0 Å². The Morgan fingerprint density at radius 2 is 2.24 bits per heavy atom. The Morgan fingerprint density at radius 3 is 2.90 bits per heavy atom. The first-order chi connectivity index (χ1) is 10.1. The number of likely N-dealkylation sites (tertiary alicyclic amines) is 1. The molecule has 0 aliphatic carbocycles. The topological polar surface area (TPSA) is 59.4 Å². The van der Waals surface area contributed by atoms with Crippen LogP contribution in [0.2, 0.25) is 0 Å². The number of anilines is 1. The molecule has 0 bridgehead atoms. The highest BCUT2D eigenvalue weighted by Crippen LogP contribution is 2.15. The second-order valence-electron chi connectivity index (χ2n) is 5.66. The summed E-state index contributed by atoms with van der Waals surface area (Å²) in [6, 6.07) is 9.75. The summed E-state index contributed by atoms with van der Waals surface area (Å²) in [6.45, 7) is 2.84. The fourth-order valence-electron chi connectivity index (χ4n) is 2.60. The van der Waals surface area contributed by atoms with Crippen LogP contribution < -0.4 is 5.32 Å². The van der Waals surface area contributed by atoms with Gasteiger partial charge in [-0.3, -0.25) is 4.79 Å².